The van der Waals surface area contributed by atoms with Crippen LogP contribution in [0, 0.1) is 12.8 Å². The number of amides is 3. The largest absolute Gasteiger partial charge is 0.383 e. The highest BCUT2D eigenvalue weighted by Crippen LogP contribution is 2.30. The fraction of sp³-hybridized carbons (Fsp3) is 0.444. The second-order valence-electron chi connectivity index (χ2n) is 6.46. The first-order valence-electron chi connectivity index (χ1n) is 8.59. The van der Waals surface area contributed by atoms with Crippen molar-refractivity contribution in [1.29, 1.82) is 0 Å². The number of imide groups is 1. The van der Waals surface area contributed by atoms with Gasteiger partial charge < -0.3 is 10.5 Å². The summed E-state index contributed by atoms with van der Waals surface area (Å²) in [4.78, 5) is 23.4. The summed E-state index contributed by atoms with van der Waals surface area (Å²) in [7, 11) is 1.63. The number of rotatable bonds is 8. The van der Waals surface area contributed by atoms with Gasteiger partial charge in [0, 0.05) is 12.7 Å². The lowest BCUT2D eigenvalue weighted by Gasteiger charge is -2.19. The fourth-order valence-electron chi connectivity index (χ4n) is 2.56. The molecular formula is C18H25N5O3S. The van der Waals surface area contributed by atoms with Crippen LogP contribution in [0.1, 0.15) is 19.4 Å². The first-order chi connectivity index (χ1) is 12.8. The molecule has 0 fully saturated rings. The maximum absolute atomic E-state index is 12.3. The number of nitrogens with one attached hydrogen (secondary N) is 1. The number of hydrogen-bond donors (Lipinski definition) is 2. The van der Waals surface area contributed by atoms with Gasteiger partial charge in [0.05, 0.1) is 18.4 Å². The Kier molecular flexibility index (Phi) is 7.37. The van der Waals surface area contributed by atoms with Crippen molar-refractivity contribution in [2.24, 2.45) is 11.7 Å². The number of carbonyl (C=O) groups is 2. The van der Waals surface area contributed by atoms with Crippen molar-refractivity contribution in [3.05, 3.63) is 29.8 Å². The van der Waals surface area contributed by atoms with Crippen LogP contribution in [-0.2, 0) is 16.1 Å². The number of thioether (sulfide) groups is 1. The molecule has 0 radical (unpaired) electrons. The Morgan fingerprint density at radius 2 is 2.07 bits per heavy atom. The number of benzene rings is 1. The van der Waals surface area contributed by atoms with E-state index in [1.807, 2.05) is 49.6 Å². The van der Waals surface area contributed by atoms with Gasteiger partial charge in [-0.05, 0) is 18.9 Å². The number of nitrogens with two attached hydrogens (primary N) is 1. The summed E-state index contributed by atoms with van der Waals surface area (Å²) in [5.41, 5.74) is 7.14. The zero-order valence-corrected chi connectivity index (χ0v) is 16.7. The normalized spacial score (nSPS) is 12.2. The van der Waals surface area contributed by atoms with E-state index in [1.165, 1.54) is 11.8 Å². The highest BCUT2D eigenvalue weighted by Gasteiger charge is 2.27. The van der Waals surface area contributed by atoms with Crippen LogP contribution >= 0.6 is 11.8 Å². The number of aryl methyl sites for hydroxylation is 1. The molecule has 0 saturated carbocycles. The van der Waals surface area contributed by atoms with Gasteiger partial charge in [-0.15, -0.1) is 10.2 Å². The third-order valence-electron chi connectivity index (χ3n) is 3.85. The zero-order chi connectivity index (χ0) is 20.0. The maximum Gasteiger partial charge on any atom is 0.318 e. The van der Waals surface area contributed by atoms with Crippen molar-refractivity contribution in [1.82, 2.24) is 20.1 Å². The van der Waals surface area contributed by atoms with Crippen molar-refractivity contribution in [2.75, 3.05) is 13.7 Å². The Labute approximate surface area is 162 Å². The lowest BCUT2D eigenvalue weighted by Crippen LogP contribution is -2.42. The zero-order valence-electron chi connectivity index (χ0n) is 15.9. The molecule has 146 valence electrons. The van der Waals surface area contributed by atoms with E-state index in [9.17, 15) is 9.59 Å². The number of hydrogen-bond acceptors (Lipinski definition) is 6. The maximum atomic E-state index is 12.3. The molecule has 0 bridgehead atoms. The van der Waals surface area contributed by atoms with Crippen LogP contribution in [-0.4, -0.2) is 45.7 Å². The van der Waals surface area contributed by atoms with Crippen LogP contribution < -0.4 is 11.1 Å². The molecule has 1 aromatic carbocycles. The van der Waals surface area contributed by atoms with Gasteiger partial charge in [-0.1, -0.05) is 49.4 Å². The van der Waals surface area contributed by atoms with Gasteiger partial charge in [0.2, 0.25) is 5.91 Å². The number of nitrogens with zero attached hydrogens (tertiary/aromatic N) is 3. The number of urea groups is 1. The van der Waals surface area contributed by atoms with Crippen LogP contribution in [0.15, 0.2) is 29.4 Å². The first-order valence-corrected chi connectivity index (χ1v) is 9.47. The van der Waals surface area contributed by atoms with Crippen LogP contribution in [0.25, 0.3) is 11.4 Å². The molecule has 9 heteroatoms. The van der Waals surface area contributed by atoms with Crippen LogP contribution in [0.3, 0.4) is 0 Å². The van der Waals surface area contributed by atoms with E-state index in [0.29, 0.717) is 24.1 Å². The highest BCUT2D eigenvalue weighted by molar-refractivity contribution is 8.00. The summed E-state index contributed by atoms with van der Waals surface area (Å²) >= 11 is 1.26. The average molecular weight is 391 g/mol. The van der Waals surface area contributed by atoms with Crippen molar-refractivity contribution in [3.8, 4) is 11.4 Å². The van der Waals surface area contributed by atoms with Crippen molar-refractivity contribution in [3.63, 3.8) is 0 Å². The van der Waals surface area contributed by atoms with Gasteiger partial charge in [0.15, 0.2) is 11.0 Å². The van der Waals surface area contributed by atoms with E-state index in [1.54, 1.807) is 7.11 Å². The molecular weight excluding hydrogens is 366 g/mol. The van der Waals surface area contributed by atoms with E-state index >= 15 is 0 Å². The molecule has 0 aliphatic heterocycles. The quantitative estimate of drug-likeness (QED) is 0.667. The Hall–Kier alpha value is -2.39. The molecule has 0 spiro atoms. The molecule has 1 aromatic heterocycles. The average Bonchev–Trinajstić information content (AvgIpc) is 2.99. The van der Waals surface area contributed by atoms with Gasteiger partial charge in [-0.2, -0.15) is 0 Å². The Morgan fingerprint density at radius 1 is 1.33 bits per heavy atom. The first kappa shape index (κ1) is 20.9. The minimum atomic E-state index is -0.868. The summed E-state index contributed by atoms with van der Waals surface area (Å²) < 4.78 is 7.14. The molecule has 3 N–H and O–H groups in total. The van der Waals surface area contributed by atoms with Gasteiger partial charge in [-0.25, -0.2) is 4.79 Å². The molecule has 3 amide bonds. The predicted octanol–water partition coefficient (Wildman–Crippen LogP) is 2.21. The van der Waals surface area contributed by atoms with E-state index < -0.39 is 17.2 Å². The van der Waals surface area contributed by atoms with Gasteiger partial charge in [0.25, 0.3) is 0 Å². The molecule has 1 atom stereocenters. The number of aromatic nitrogens is 3. The van der Waals surface area contributed by atoms with Gasteiger partial charge in [0.1, 0.15) is 0 Å². The minimum Gasteiger partial charge on any atom is -0.383 e. The van der Waals surface area contributed by atoms with E-state index in [4.69, 9.17) is 10.5 Å². The highest BCUT2D eigenvalue weighted by atomic mass is 32.2. The van der Waals surface area contributed by atoms with Crippen LogP contribution in [0.2, 0.25) is 0 Å². The molecule has 27 heavy (non-hydrogen) atoms. The molecule has 0 aliphatic carbocycles. The predicted molar refractivity (Wildman–Crippen MR) is 104 cm³/mol. The molecule has 8 nitrogen and oxygen atoms in total. The molecule has 0 saturated heterocycles. The lowest BCUT2D eigenvalue weighted by atomic mass is 10.1. The number of primary amides is 1. The minimum absolute atomic E-state index is 0.0376. The smallest absolute Gasteiger partial charge is 0.318 e. The third-order valence-corrected chi connectivity index (χ3v) is 5.38. The van der Waals surface area contributed by atoms with E-state index in [-0.39, 0.29) is 5.92 Å². The summed E-state index contributed by atoms with van der Waals surface area (Å²) in [5, 5.41) is 10.8. The molecule has 2 rings (SSSR count). The summed E-state index contributed by atoms with van der Waals surface area (Å²) in [5.74, 6) is 0.223. The fourth-order valence-corrected chi connectivity index (χ4v) is 3.61. The molecule has 1 heterocycles. The Bertz CT molecular complexity index is 806. The number of carbonyl (C=O) groups excluding carboxylic acids is 2. The van der Waals surface area contributed by atoms with Crippen molar-refractivity contribution >= 4 is 23.7 Å². The Morgan fingerprint density at radius 3 is 2.67 bits per heavy atom. The summed E-state index contributed by atoms with van der Waals surface area (Å²) in [6.07, 6.45) is 0. The van der Waals surface area contributed by atoms with Crippen molar-refractivity contribution < 1.29 is 14.3 Å². The number of methoxy groups -OCH3 is 1. The van der Waals surface area contributed by atoms with Gasteiger partial charge in [-0.3, -0.25) is 14.7 Å². The van der Waals surface area contributed by atoms with Crippen LogP contribution in [0.5, 0.6) is 0 Å². The third kappa shape index (κ3) is 5.54. The summed E-state index contributed by atoms with van der Waals surface area (Å²) in [6.45, 7) is 6.82. The number of ether oxygens (including phenoxy) is 1. The van der Waals surface area contributed by atoms with Crippen molar-refractivity contribution in [2.45, 2.75) is 37.7 Å². The monoisotopic (exact) mass is 391 g/mol. The molecule has 1 unspecified atom stereocenters. The van der Waals surface area contributed by atoms with E-state index in [2.05, 4.69) is 15.5 Å². The topological polar surface area (TPSA) is 112 Å². The van der Waals surface area contributed by atoms with Gasteiger partial charge >= 0.3 is 6.03 Å². The van der Waals surface area contributed by atoms with Crippen LogP contribution in [0.4, 0.5) is 4.79 Å². The lowest BCUT2D eigenvalue weighted by molar-refractivity contribution is -0.120. The Balaban J connectivity index is 2.37. The second kappa shape index (κ2) is 9.52. The standard InChI is InChI=1S/C18H25N5O3S/c1-11(2)14(16(24)20-17(19)25)27-18-22-21-15(23(18)8-9-26-4)13-7-5-6-12(3)10-13/h5-7,10-11,14H,8-9H2,1-4H3,(H3,19,20,24,25). The molecule has 2 aromatic rings. The SMILES string of the molecule is COCCn1c(SC(C(=O)NC(N)=O)C(C)C)nnc1-c1cccc(C)c1. The molecule has 0 aliphatic rings. The van der Waals surface area contributed by atoms with E-state index in [0.717, 1.165) is 11.1 Å². The summed E-state index contributed by atoms with van der Waals surface area (Å²) in [6, 6.07) is 7.10. The second-order valence-corrected chi connectivity index (χ2v) is 7.56.